The molecule has 130 valence electrons. The second-order valence-electron chi connectivity index (χ2n) is 6.55. The largest absolute Gasteiger partial charge is 0.341 e. The summed E-state index contributed by atoms with van der Waals surface area (Å²) in [6, 6.07) is 7.57. The van der Waals surface area contributed by atoms with Crippen LogP contribution in [0.3, 0.4) is 0 Å². The van der Waals surface area contributed by atoms with Gasteiger partial charge in [0.25, 0.3) is 5.91 Å². The maximum Gasteiger partial charge on any atom is 0.254 e. The zero-order chi connectivity index (χ0) is 17.7. The van der Waals surface area contributed by atoms with Gasteiger partial charge in [-0.15, -0.1) is 11.8 Å². The Labute approximate surface area is 146 Å². The molecular weight excluding hydrogens is 324 g/mol. The average molecular weight is 348 g/mol. The molecule has 0 aliphatic heterocycles. The number of nitrogens with two attached hydrogens (primary N) is 1. The van der Waals surface area contributed by atoms with Gasteiger partial charge in [-0.05, 0) is 31.0 Å². The zero-order valence-corrected chi connectivity index (χ0v) is 15.4. The van der Waals surface area contributed by atoms with Crippen molar-refractivity contribution in [2.45, 2.75) is 31.4 Å². The highest BCUT2D eigenvalue weighted by Crippen LogP contribution is 2.27. The van der Waals surface area contributed by atoms with Crippen LogP contribution in [-0.4, -0.2) is 41.1 Å². The summed E-state index contributed by atoms with van der Waals surface area (Å²) in [6.45, 7) is 7.01. The molecule has 0 saturated carbocycles. The highest BCUT2D eigenvalue weighted by Gasteiger charge is 2.23. The van der Waals surface area contributed by atoms with Crippen molar-refractivity contribution in [2.75, 3.05) is 20.1 Å². The van der Waals surface area contributed by atoms with Crippen LogP contribution in [0.2, 0.25) is 0 Å². The minimum absolute atomic E-state index is 0.0127. The van der Waals surface area contributed by atoms with Crippen LogP contribution in [0.4, 0.5) is 0 Å². The minimum atomic E-state index is -0.117. The molecule has 1 aromatic heterocycles. The van der Waals surface area contributed by atoms with Crippen molar-refractivity contribution >= 4 is 17.7 Å². The van der Waals surface area contributed by atoms with Crippen molar-refractivity contribution in [1.82, 2.24) is 15.0 Å². The first-order valence-corrected chi connectivity index (χ1v) is 8.77. The molecule has 6 nitrogen and oxygen atoms in total. The summed E-state index contributed by atoms with van der Waals surface area (Å²) in [4.78, 5) is 19.6. The highest BCUT2D eigenvalue weighted by atomic mass is 32.2. The second-order valence-corrected chi connectivity index (χ2v) is 7.57. The predicted octanol–water partition coefficient (Wildman–Crippen LogP) is 2.73. The van der Waals surface area contributed by atoms with Gasteiger partial charge in [-0.2, -0.15) is 4.98 Å². The third kappa shape index (κ3) is 4.82. The van der Waals surface area contributed by atoms with Gasteiger partial charge in [-0.3, -0.25) is 4.79 Å². The Morgan fingerprint density at radius 1 is 1.38 bits per heavy atom. The molecule has 2 N–H and O–H groups in total. The number of amides is 1. The Morgan fingerprint density at radius 2 is 2.08 bits per heavy atom. The maximum atomic E-state index is 12.8. The molecule has 7 heteroatoms. The van der Waals surface area contributed by atoms with E-state index < -0.39 is 0 Å². The Bertz CT molecular complexity index is 699. The Morgan fingerprint density at radius 3 is 2.71 bits per heavy atom. The van der Waals surface area contributed by atoms with E-state index in [-0.39, 0.29) is 11.3 Å². The molecule has 1 aromatic carbocycles. The second kappa shape index (κ2) is 7.81. The summed E-state index contributed by atoms with van der Waals surface area (Å²) in [5, 5.41) is 3.78. The fourth-order valence-electron chi connectivity index (χ4n) is 2.29. The number of rotatable bonds is 7. The Kier molecular flexibility index (Phi) is 6.01. The van der Waals surface area contributed by atoms with E-state index in [1.807, 2.05) is 31.3 Å². The predicted molar refractivity (Wildman–Crippen MR) is 94.8 cm³/mol. The summed E-state index contributed by atoms with van der Waals surface area (Å²) in [5.74, 6) is 1.68. The lowest BCUT2D eigenvalue weighted by Gasteiger charge is -2.29. The lowest BCUT2D eigenvalue weighted by atomic mass is 9.93. The van der Waals surface area contributed by atoms with Crippen molar-refractivity contribution < 1.29 is 9.32 Å². The van der Waals surface area contributed by atoms with Crippen LogP contribution in [0.5, 0.6) is 0 Å². The van der Waals surface area contributed by atoms with Crippen molar-refractivity contribution in [3.05, 3.63) is 41.5 Å². The Hall–Kier alpha value is -1.86. The van der Waals surface area contributed by atoms with E-state index in [2.05, 4.69) is 24.0 Å². The fourth-order valence-corrected chi connectivity index (χ4v) is 3.17. The number of nitrogens with zero attached hydrogens (tertiary/aromatic N) is 3. The minimum Gasteiger partial charge on any atom is -0.341 e. The number of aromatic nitrogens is 2. The number of thioether (sulfide) groups is 1. The van der Waals surface area contributed by atoms with Gasteiger partial charge in [0.15, 0.2) is 5.82 Å². The van der Waals surface area contributed by atoms with Gasteiger partial charge in [0.1, 0.15) is 0 Å². The van der Waals surface area contributed by atoms with E-state index in [1.54, 1.807) is 11.8 Å². The van der Waals surface area contributed by atoms with Gasteiger partial charge in [0.05, 0.1) is 11.3 Å². The molecule has 2 rings (SSSR count). The zero-order valence-electron chi connectivity index (χ0n) is 14.6. The van der Waals surface area contributed by atoms with Gasteiger partial charge in [0, 0.05) is 18.5 Å². The van der Waals surface area contributed by atoms with Crippen LogP contribution in [0, 0.1) is 12.3 Å². The van der Waals surface area contributed by atoms with Crippen LogP contribution in [-0.2, 0) is 5.75 Å². The molecule has 0 aliphatic rings. The molecule has 1 amide bonds. The highest BCUT2D eigenvalue weighted by molar-refractivity contribution is 7.98. The average Bonchev–Trinajstić information content (AvgIpc) is 2.97. The molecule has 1 heterocycles. The molecule has 24 heavy (non-hydrogen) atoms. The van der Waals surface area contributed by atoms with E-state index in [1.165, 1.54) is 11.8 Å². The van der Waals surface area contributed by atoms with Gasteiger partial charge in [-0.1, -0.05) is 31.1 Å². The van der Waals surface area contributed by atoms with Crippen molar-refractivity contribution in [1.29, 1.82) is 0 Å². The van der Waals surface area contributed by atoms with Crippen LogP contribution in [0.25, 0.3) is 0 Å². The molecular formula is C17H24N4O2S. The van der Waals surface area contributed by atoms with E-state index in [0.717, 1.165) is 4.90 Å². The fraction of sp³-hybridized carbons (Fsp3) is 0.471. The summed E-state index contributed by atoms with van der Waals surface area (Å²) >= 11 is 1.51. The van der Waals surface area contributed by atoms with E-state index in [9.17, 15) is 4.79 Å². The summed E-state index contributed by atoms with van der Waals surface area (Å²) in [5.41, 5.74) is 6.33. The lowest BCUT2D eigenvalue weighted by Crippen LogP contribution is -2.39. The molecule has 0 spiro atoms. The number of aryl methyl sites for hydroxylation is 1. The van der Waals surface area contributed by atoms with Gasteiger partial charge in [-0.25, -0.2) is 0 Å². The van der Waals surface area contributed by atoms with Crippen LogP contribution >= 0.6 is 11.8 Å². The maximum absolute atomic E-state index is 12.8. The SMILES string of the molecule is Cc1noc(CSc2ccccc2C(=O)N(C)CC(C)(C)CN)n1. The summed E-state index contributed by atoms with van der Waals surface area (Å²) in [6.07, 6.45) is 0. The molecule has 0 atom stereocenters. The van der Waals surface area contributed by atoms with Crippen molar-refractivity contribution in [3.8, 4) is 0 Å². The third-order valence-corrected chi connectivity index (χ3v) is 4.66. The smallest absolute Gasteiger partial charge is 0.254 e. The number of carbonyl (C=O) groups excluding carboxylic acids is 1. The topological polar surface area (TPSA) is 85.2 Å². The van der Waals surface area contributed by atoms with E-state index in [4.69, 9.17) is 10.3 Å². The normalized spacial score (nSPS) is 11.5. The molecule has 0 fully saturated rings. The first-order valence-electron chi connectivity index (χ1n) is 7.79. The molecule has 0 aliphatic carbocycles. The lowest BCUT2D eigenvalue weighted by molar-refractivity contribution is 0.0737. The number of benzene rings is 1. The van der Waals surface area contributed by atoms with Crippen LogP contribution in [0.15, 0.2) is 33.7 Å². The van der Waals surface area contributed by atoms with Gasteiger partial charge >= 0.3 is 0 Å². The van der Waals surface area contributed by atoms with E-state index >= 15 is 0 Å². The summed E-state index contributed by atoms with van der Waals surface area (Å²) in [7, 11) is 1.81. The number of hydrogen-bond donors (Lipinski definition) is 1. The van der Waals surface area contributed by atoms with Gasteiger partial charge < -0.3 is 15.2 Å². The molecule has 2 aromatic rings. The first kappa shape index (κ1) is 18.5. The van der Waals surface area contributed by atoms with Crippen LogP contribution < -0.4 is 5.73 Å². The summed E-state index contributed by atoms with van der Waals surface area (Å²) < 4.78 is 5.12. The van der Waals surface area contributed by atoms with Crippen molar-refractivity contribution in [3.63, 3.8) is 0 Å². The Balaban J connectivity index is 2.11. The van der Waals surface area contributed by atoms with Crippen LogP contribution in [0.1, 0.15) is 35.9 Å². The van der Waals surface area contributed by atoms with Gasteiger partial charge in [0.2, 0.25) is 5.89 Å². The molecule has 0 unspecified atom stereocenters. The quantitative estimate of drug-likeness (QED) is 0.774. The molecule has 0 saturated heterocycles. The monoisotopic (exact) mass is 348 g/mol. The third-order valence-electron chi connectivity index (χ3n) is 3.60. The number of hydrogen-bond acceptors (Lipinski definition) is 6. The molecule has 0 radical (unpaired) electrons. The van der Waals surface area contributed by atoms with E-state index in [0.29, 0.717) is 36.1 Å². The number of carbonyl (C=O) groups is 1. The first-order chi connectivity index (χ1) is 11.3. The molecule has 0 bridgehead atoms. The standard InChI is InChI=1S/C17H24N4O2S/c1-12-19-15(23-20-12)9-24-14-8-6-5-7-13(14)16(22)21(4)11-17(2,3)10-18/h5-8H,9-11,18H2,1-4H3. The van der Waals surface area contributed by atoms with Crippen molar-refractivity contribution in [2.24, 2.45) is 11.1 Å².